The van der Waals surface area contributed by atoms with E-state index in [1.165, 1.54) is 0 Å². The Bertz CT molecular complexity index is 1050. The van der Waals surface area contributed by atoms with E-state index < -0.39 is 0 Å². The minimum Gasteiger partial charge on any atom is -0.458 e. The molecule has 0 aliphatic carbocycles. The molecule has 0 bridgehead atoms. The highest BCUT2D eigenvalue weighted by atomic mass is 16.5. The number of aromatic amines is 1. The van der Waals surface area contributed by atoms with Gasteiger partial charge in [0.05, 0.1) is 11.0 Å². The van der Waals surface area contributed by atoms with Crippen LogP contribution in [0.3, 0.4) is 0 Å². The van der Waals surface area contributed by atoms with E-state index in [1.54, 1.807) is 19.1 Å². The topological polar surface area (TPSA) is 70.2 Å². The third kappa shape index (κ3) is 3.84. The zero-order valence-corrected chi connectivity index (χ0v) is 15.2. The number of Topliss-reactive ketones (excluding diaryl/α,β-unsaturated/α-hetero) is 1. The van der Waals surface area contributed by atoms with Gasteiger partial charge in [-0.25, -0.2) is 4.98 Å². The number of ketones is 1. The third-order valence-electron chi connectivity index (χ3n) is 4.32. The Kier molecular flexibility index (Phi) is 4.38. The number of likely N-dealkylation sites (N-methyl/N-ethyl adjacent to an activating group) is 1. The van der Waals surface area contributed by atoms with E-state index in [9.17, 15) is 4.79 Å². The Balaban J connectivity index is 1.50. The average molecular weight is 360 g/mol. The van der Waals surface area contributed by atoms with Crippen molar-refractivity contribution in [2.24, 2.45) is 0 Å². The number of anilines is 2. The van der Waals surface area contributed by atoms with E-state index in [1.807, 2.05) is 55.7 Å². The molecule has 0 fully saturated rings. The van der Waals surface area contributed by atoms with Gasteiger partial charge in [-0.1, -0.05) is 0 Å². The molecule has 0 atom stereocenters. The average Bonchev–Trinajstić information content (AvgIpc) is 3.05. The van der Waals surface area contributed by atoms with E-state index >= 15 is 0 Å². The molecule has 2 heterocycles. The number of allylic oxidation sites excluding steroid dienone is 1. The van der Waals surface area contributed by atoms with Gasteiger partial charge in [0.25, 0.3) is 0 Å². The molecule has 1 aliphatic rings. The van der Waals surface area contributed by atoms with E-state index in [0.717, 1.165) is 34.8 Å². The molecule has 2 N–H and O–H groups in total. The minimum atomic E-state index is 0.0485. The number of nitrogens with zero attached hydrogens (tertiary/aromatic N) is 2. The molecule has 4 rings (SSSR count). The number of imidazole rings is 1. The number of rotatable bonds is 5. The summed E-state index contributed by atoms with van der Waals surface area (Å²) >= 11 is 0. The Morgan fingerprint density at radius 1 is 1.22 bits per heavy atom. The van der Waals surface area contributed by atoms with Crippen molar-refractivity contribution < 1.29 is 9.53 Å². The first-order chi connectivity index (χ1) is 13.1. The van der Waals surface area contributed by atoms with Crippen LogP contribution in [0.2, 0.25) is 0 Å². The van der Waals surface area contributed by atoms with Crippen LogP contribution in [0.15, 0.2) is 66.6 Å². The van der Waals surface area contributed by atoms with Gasteiger partial charge < -0.3 is 19.9 Å². The monoisotopic (exact) mass is 360 g/mol. The van der Waals surface area contributed by atoms with Gasteiger partial charge in [-0.05, 0) is 55.5 Å². The summed E-state index contributed by atoms with van der Waals surface area (Å²) in [6, 6.07) is 13.1. The molecule has 0 amide bonds. The molecule has 2 aromatic carbocycles. The normalized spacial score (nSPS) is 13.6. The molecule has 0 radical (unpaired) electrons. The van der Waals surface area contributed by atoms with Crippen molar-refractivity contribution in [1.29, 1.82) is 0 Å². The Morgan fingerprint density at radius 2 is 2.04 bits per heavy atom. The molecule has 0 unspecified atom stereocenters. The van der Waals surface area contributed by atoms with Gasteiger partial charge in [-0.2, -0.15) is 0 Å². The first-order valence-electron chi connectivity index (χ1n) is 8.71. The quantitative estimate of drug-likeness (QED) is 0.666. The van der Waals surface area contributed by atoms with Gasteiger partial charge in [0.15, 0.2) is 5.78 Å². The number of carbonyl (C=O) groups excluding carboxylic acids is 1. The van der Waals surface area contributed by atoms with Crippen LogP contribution >= 0.6 is 0 Å². The summed E-state index contributed by atoms with van der Waals surface area (Å²) in [5.74, 6) is 2.27. The molecule has 136 valence electrons. The lowest BCUT2D eigenvalue weighted by Crippen LogP contribution is -2.15. The number of hydrogen-bond acceptors (Lipinski definition) is 5. The number of benzene rings is 2. The lowest BCUT2D eigenvalue weighted by Gasteiger charge is -2.17. The highest BCUT2D eigenvalue weighted by Gasteiger charge is 2.08. The summed E-state index contributed by atoms with van der Waals surface area (Å²) in [4.78, 5) is 21.2. The van der Waals surface area contributed by atoms with E-state index in [0.29, 0.717) is 11.5 Å². The molecule has 27 heavy (non-hydrogen) atoms. The van der Waals surface area contributed by atoms with Crippen molar-refractivity contribution in [2.45, 2.75) is 6.92 Å². The molecule has 6 nitrogen and oxygen atoms in total. The summed E-state index contributed by atoms with van der Waals surface area (Å²) in [5, 5.41) is 3.22. The van der Waals surface area contributed by atoms with Crippen molar-refractivity contribution >= 4 is 28.5 Å². The van der Waals surface area contributed by atoms with Crippen LogP contribution < -0.4 is 10.1 Å². The summed E-state index contributed by atoms with van der Waals surface area (Å²) in [6.45, 7) is 2.38. The van der Waals surface area contributed by atoms with Crippen LogP contribution in [0.5, 0.6) is 5.75 Å². The second-order valence-electron chi connectivity index (χ2n) is 6.49. The second kappa shape index (κ2) is 6.99. The molecular formula is C21H20N4O2. The zero-order valence-electron chi connectivity index (χ0n) is 15.2. The molecular weight excluding hydrogens is 340 g/mol. The third-order valence-corrected chi connectivity index (χ3v) is 4.32. The second-order valence-corrected chi connectivity index (χ2v) is 6.49. The maximum Gasteiger partial charge on any atom is 0.205 e. The fourth-order valence-electron chi connectivity index (χ4n) is 2.81. The van der Waals surface area contributed by atoms with Gasteiger partial charge in [-0.15, -0.1) is 0 Å². The minimum absolute atomic E-state index is 0.0485. The van der Waals surface area contributed by atoms with Crippen molar-refractivity contribution in [3.63, 3.8) is 0 Å². The summed E-state index contributed by atoms with van der Waals surface area (Å²) < 4.78 is 5.92. The predicted molar refractivity (Wildman–Crippen MR) is 106 cm³/mol. The van der Waals surface area contributed by atoms with Crippen molar-refractivity contribution in [3.05, 3.63) is 72.1 Å². The molecule has 1 aliphatic heterocycles. The lowest BCUT2D eigenvalue weighted by molar-refractivity contribution is 0.101. The molecule has 0 saturated carbocycles. The Morgan fingerprint density at radius 3 is 2.74 bits per heavy atom. The first kappa shape index (κ1) is 16.9. The van der Waals surface area contributed by atoms with Crippen LogP contribution in [0.1, 0.15) is 17.3 Å². The van der Waals surface area contributed by atoms with Crippen molar-refractivity contribution in [3.8, 4) is 5.75 Å². The standard InChI is InChI=1S/C21H20N4O2/c1-14(26)15-3-5-16(6-4-15)22-21-23-19-8-7-18(13-20(19)24-21)27-17-9-11-25(2)12-10-17/h3-11,13H,12H2,1-2H3,(H2,22,23,24). The SMILES string of the molecule is CC(=O)c1ccc(Nc2nc3ccc(OC4=CCN(C)C=C4)cc3[nH]2)cc1. The van der Waals surface area contributed by atoms with Crippen LogP contribution in [0.25, 0.3) is 11.0 Å². The number of hydrogen-bond donors (Lipinski definition) is 2. The Hall–Kier alpha value is -3.54. The fourth-order valence-corrected chi connectivity index (χ4v) is 2.81. The zero-order chi connectivity index (χ0) is 18.8. The smallest absolute Gasteiger partial charge is 0.205 e. The van der Waals surface area contributed by atoms with Crippen LogP contribution in [-0.2, 0) is 0 Å². The van der Waals surface area contributed by atoms with Gasteiger partial charge in [0.2, 0.25) is 5.95 Å². The van der Waals surface area contributed by atoms with Gasteiger partial charge in [-0.3, -0.25) is 4.79 Å². The number of carbonyl (C=O) groups is 1. The molecule has 0 spiro atoms. The van der Waals surface area contributed by atoms with E-state index in [2.05, 4.69) is 20.2 Å². The van der Waals surface area contributed by atoms with Crippen LogP contribution in [0.4, 0.5) is 11.6 Å². The highest BCUT2D eigenvalue weighted by Crippen LogP contribution is 2.24. The van der Waals surface area contributed by atoms with E-state index in [-0.39, 0.29) is 5.78 Å². The van der Waals surface area contributed by atoms with Crippen LogP contribution in [-0.4, -0.2) is 34.2 Å². The first-order valence-corrected chi connectivity index (χ1v) is 8.71. The largest absolute Gasteiger partial charge is 0.458 e. The maximum atomic E-state index is 11.4. The van der Waals surface area contributed by atoms with Gasteiger partial charge >= 0.3 is 0 Å². The molecule has 3 aromatic rings. The van der Waals surface area contributed by atoms with Gasteiger partial charge in [0.1, 0.15) is 11.5 Å². The molecule has 0 saturated heterocycles. The summed E-state index contributed by atoms with van der Waals surface area (Å²) in [5.41, 5.74) is 3.27. The number of fused-ring (bicyclic) bond motifs is 1. The highest BCUT2D eigenvalue weighted by molar-refractivity contribution is 5.94. The van der Waals surface area contributed by atoms with Crippen molar-refractivity contribution in [1.82, 2.24) is 14.9 Å². The van der Waals surface area contributed by atoms with Crippen molar-refractivity contribution in [2.75, 3.05) is 18.9 Å². The van der Waals surface area contributed by atoms with E-state index in [4.69, 9.17) is 4.74 Å². The lowest BCUT2D eigenvalue weighted by atomic mass is 10.1. The molecule has 1 aromatic heterocycles. The predicted octanol–water partition coefficient (Wildman–Crippen LogP) is 4.23. The Labute approximate surface area is 157 Å². The van der Waals surface area contributed by atoms with Gasteiger partial charge in [0, 0.05) is 37.1 Å². The number of ether oxygens (including phenoxy) is 1. The van der Waals surface area contributed by atoms with Crippen LogP contribution in [0, 0.1) is 0 Å². The number of aromatic nitrogens is 2. The maximum absolute atomic E-state index is 11.4. The fraction of sp³-hybridized carbons (Fsp3) is 0.143. The summed E-state index contributed by atoms with van der Waals surface area (Å²) in [7, 11) is 2.02. The molecule has 6 heteroatoms. The summed E-state index contributed by atoms with van der Waals surface area (Å²) in [6.07, 6.45) is 5.97. The number of nitrogens with one attached hydrogen (secondary N) is 2. The number of H-pyrrole nitrogens is 1.